The maximum Gasteiger partial charge on any atom is 0.241 e. The molecule has 0 bridgehead atoms. The van der Waals surface area contributed by atoms with Crippen molar-refractivity contribution < 1.29 is 27.4 Å². The number of nitrogens with zero attached hydrogens (tertiary/aromatic N) is 1. The summed E-state index contributed by atoms with van der Waals surface area (Å²) in [5.74, 6) is 1.09. The van der Waals surface area contributed by atoms with Gasteiger partial charge >= 0.3 is 0 Å². The Hall–Kier alpha value is -2.94. The number of ether oxygens (including phenoxy) is 3. The van der Waals surface area contributed by atoms with Crippen molar-refractivity contribution in [2.75, 3.05) is 38.4 Å². The Labute approximate surface area is 177 Å². The van der Waals surface area contributed by atoms with Gasteiger partial charge in [0, 0.05) is 6.07 Å². The quantitative estimate of drug-likeness (QED) is 0.616. The summed E-state index contributed by atoms with van der Waals surface area (Å²) in [5, 5.41) is 2.90. The van der Waals surface area contributed by atoms with E-state index in [2.05, 4.69) is 5.32 Å². The Morgan fingerprint density at radius 1 is 1.00 bits per heavy atom. The zero-order valence-corrected chi connectivity index (χ0v) is 18.7. The largest absolute Gasteiger partial charge is 0.497 e. The molecule has 0 fully saturated rings. The van der Waals surface area contributed by atoms with Gasteiger partial charge in [0.1, 0.15) is 23.8 Å². The van der Waals surface area contributed by atoms with Gasteiger partial charge in [-0.25, -0.2) is 8.42 Å². The predicted octanol–water partition coefficient (Wildman–Crippen LogP) is 2.75. The first-order valence-corrected chi connectivity index (χ1v) is 11.2. The van der Waals surface area contributed by atoms with Crippen LogP contribution in [0.4, 0.5) is 5.69 Å². The van der Waals surface area contributed by atoms with Gasteiger partial charge in [-0.2, -0.15) is 0 Å². The van der Waals surface area contributed by atoms with Crippen LogP contribution >= 0.6 is 0 Å². The minimum Gasteiger partial charge on any atom is -0.497 e. The van der Waals surface area contributed by atoms with Crippen LogP contribution < -0.4 is 23.8 Å². The Morgan fingerprint density at radius 2 is 1.60 bits per heavy atom. The second-order valence-electron chi connectivity index (χ2n) is 6.61. The molecule has 0 saturated heterocycles. The number of carbonyl (C=O) groups is 1. The van der Waals surface area contributed by atoms with E-state index >= 15 is 0 Å². The van der Waals surface area contributed by atoms with E-state index < -0.39 is 15.9 Å². The van der Waals surface area contributed by atoms with Crippen LogP contribution in [-0.2, 0) is 14.8 Å². The molecule has 0 aliphatic carbocycles. The van der Waals surface area contributed by atoms with Crippen LogP contribution in [0.2, 0.25) is 0 Å². The maximum atomic E-state index is 12.8. The van der Waals surface area contributed by atoms with Crippen molar-refractivity contribution in [3.8, 4) is 17.2 Å². The first kappa shape index (κ1) is 23.3. The van der Waals surface area contributed by atoms with Crippen LogP contribution in [0.5, 0.6) is 17.2 Å². The fourth-order valence-electron chi connectivity index (χ4n) is 3.00. The van der Waals surface area contributed by atoms with Gasteiger partial charge in [-0.15, -0.1) is 0 Å². The number of hydrogen-bond donors (Lipinski definition) is 1. The number of benzene rings is 2. The molecule has 0 saturated carbocycles. The highest BCUT2D eigenvalue weighted by molar-refractivity contribution is 7.92. The van der Waals surface area contributed by atoms with E-state index in [-0.39, 0.29) is 24.0 Å². The van der Waals surface area contributed by atoms with Crippen molar-refractivity contribution in [1.29, 1.82) is 0 Å². The molecule has 0 aliphatic rings. The second kappa shape index (κ2) is 10.2. The number of rotatable bonds is 10. The summed E-state index contributed by atoms with van der Waals surface area (Å²) in [5.41, 5.74) is 1.16. The second-order valence-corrected chi connectivity index (χ2v) is 8.52. The number of anilines is 1. The molecule has 0 spiro atoms. The van der Waals surface area contributed by atoms with E-state index in [0.29, 0.717) is 12.2 Å². The molecule has 0 aliphatic heterocycles. The number of hydrogen-bond acceptors (Lipinski definition) is 6. The lowest BCUT2D eigenvalue weighted by atomic mass is 10.0. The van der Waals surface area contributed by atoms with Gasteiger partial charge in [-0.3, -0.25) is 9.10 Å². The summed E-state index contributed by atoms with van der Waals surface area (Å²) in [7, 11) is 0.765. The third-order valence-electron chi connectivity index (χ3n) is 4.60. The highest BCUT2D eigenvalue weighted by Crippen LogP contribution is 2.33. The highest BCUT2D eigenvalue weighted by atomic mass is 32.2. The number of carbonyl (C=O) groups excluding carboxylic acids is 1. The Kier molecular flexibility index (Phi) is 7.93. The molecule has 2 aromatic rings. The fraction of sp³-hybridized carbons (Fsp3) is 0.381. The molecule has 8 nitrogen and oxygen atoms in total. The SMILES string of the molecule is CC[C@@H](NC(=O)CN(c1ccc(OC)cc1OC)S(C)(=O)=O)c1ccc(OC)cc1. The molecule has 0 heterocycles. The number of amides is 1. The lowest BCUT2D eigenvalue weighted by Crippen LogP contribution is -2.41. The Balaban J connectivity index is 2.25. The van der Waals surface area contributed by atoms with E-state index in [0.717, 1.165) is 21.9 Å². The van der Waals surface area contributed by atoms with Crippen LogP contribution in [0.1, 0.15) is 24.9 Å². The van der Waals surface area contributed by atoms with Crippen molar-refractivity contribution in [2.24, 2.45) is 0 Å². The third-order valence-corrected chi connectivity index (χ3v) is 5.73. The predicted molar refractivity (Wildman–Crippen MR) is 116 cm³/mol. The monoisotopic (exact) mass is 436 g/mol. The lowest BCUT2D eigenvalue weighted by molar-refractivity contribution is -0.120. The molecule has 164 valence electrons. The zero-order chi connectivity index (χ0) is 22.3. The van der Waals surface area contributed by atoms with Crippen molar-refractivity contribution >= 4 is 21.6 Å². The first-order valence-electron chi connectivity index (χ1n) is 9.36. The maximum absolute atomic E-state index is 12.8. The third kappa shape index (κ3) is 5.79. The normalized spacial score (nSPS) is 12.0. The van der Waals surface area contributed by atoms with Crippen molar-refractivity contribution in [1.82, 2.24) is 5.32 Å². The van der Waals surface area contributed by atoms with Gasteiger partial charge in [0.2, 0.25) is 15.9 Å². The van der Waals surface area contributed by atoms with Gasteiger partial charge in [0.15, 0.2) is 0 Å². The van der Waals surface area contributed by atoms with E-state index in [1.165, 1.54) is 14.2 Å². The van der Waals surface area contributed by atoms with E-state index in [9.17, 15) is 13.2 Å². The highest BCUT2D eigenvalue weighted by Gasteiger charge is 2.25. The fourth-order valence-corrected chi connectivity index (χ4v) is 3.86. The zero-order valence-electron chi connectivity index (χ0n) is 17.8. The number of nitrogens with one attached hydrogen (secondary N) is 1. The van der Waals surface area contributed by atoms with Crippen LogP contribution in [0.15, 0.2) is 42.5 Å². The average molecular weight is 437 g/mol. The molecular weight excluding hydrogens is 408 g/mol. The van der Waals surface area contributed by atoms with E-state index in [4.69, 9.17) is 14.2 Å². The van der Waals surface area contributed by atoms with E-state index in [1.54, 1.807) is 25.3 Å². The number of sulfonamides is 1. The van der Waals surface area contributed by atoms with Gasteiger partial charge in [0.05, 0.1) is 39.3 Å². The topological polar surface area (TPSA) is 94.2 Å². The standard InChI is InChI=1S/C21H28N2O6S/c1-6-18(15-7-9-16(27-2)10-8-15)22-21(24)14-23(30(5,25)26)19-12-11-17(28-3)13-20(19)29-4/h7-13,18H,6,14H2,1-5H3,(H,22,24)/t18-/m1/s1. The van der Waals surface area contributed by atoms with Crippen molar-refractivity contribution in [3.05, 3.63) is 48.0 Å². The lowest BCUT2D eigenvalue weighted by Gasteiger charge is -2.25. The summed E-state index contributed by atoms with van der Waals surface area (Å²) >= 11 is 0. The molecular formula is C21H28N2O6S. The molecule has 1 amide bonds. The van der Waals surface area contributed by atoms with Crippen molar-refractivity contribution in [3.63, 3.8) is 0 Å². The Morgan fingerprint density at radius 3 is 2.10 bits per heavy atom. The average Bonchev–Trinajstić information content (AvgIpc) is 2.74. The van der Waals surface area contributed by atoms with Crippen LogP contribution in [0.3, 0.4) is 0 Å². The summed E-state index contributed by atoms with van der Waals surface area (Å²) < 4.78 is 41.5. The van der Waals surface area contributed by atoms with Crippen molar-refractivity contribution in [2.45, 2.75) is 19.4 Å². The molecule has 1 N–H and O–H groups in total. The number of methoxy groups -OCH3 is 3. The minimum absolute atomic E-state index is 0.258. The molecule has 2 aromatic carbocycles. The molecule has 0 aromatic heterocycles. The van der Waals surface area contributed by atoms with Gasteiger partial charge in [-0.05, 0) is 36.2 Å². The summed E-state index contributed by atoms with van der Waals surface area (Å²) in [6.07, 6.45) is 1.69. The molecule has 2 rings (SSSR count). The Bertz CT molecular complexity index is 960. The molecule has 0 unspecified atom stereocenters. The van der Waals surface area contributed by atoms with Crippen LogP contribution in [0.25, 0.3) is 0 Å². The summed E-state index contributed by atoms with van der Waals surface area (Å²) in [4.78, 5) is 12.8. The van der Waals surface area contributed by atoms with Gasteiger partial charge in [0.25, 0.3) is 0 Å². The van der Waals surface area contributed by atoms with E-state index in [1.807, 2.05) is 31.2 Å². The minimum atomic E-state index is -3.75. The van der Waals surface area contributed by atoms with Crippen LogP contribution in [0, 0.1) is 0 Å². The first-order chi connectivity index (χ1) is 14.2. The van der Waals surface area contributed by atoms with Gasteiger partial charge in [-0.1, -0.05) is 19.1 Å². The molecule has 0 radical (unpaired) electrons. The van der Waals surface area contributed by atoms with Gasteiger partial charge < -0.3 is 19.5 Å². The summed E-state index contributed by atoms with van der Waals surface area (Å²) in [6, 6.07) is 11.8. The smallest absolute Gasteiger partial charge is 0.241 e. The molecule has 30 heavy (non-hydrogen) atoms. The molecule has 9 heteroatoms. The van der Waals surface area contributed by atoms with Crippen LogP contribution in [-0.4, -0.2) is 48.5 Å². The summed E-state index contributed by atoms with van der Waals surface area (Å²) in [6.45, 7) is 1.56. The molecule has 1 atom stereocenters.